The first-order chi connectivity index (χ1) is 13.4. The van der Waals surface area contributed by atoms with Crippen LogP contribution < -0.4 is 9.47 Å². The van der Waals surface area contributed by atoms with Gasteiger partial charge in [0.1, 0.15) is 11.5 Å². The first kappa shape index (κ1) is 19.7. The summed E-state index contributed by atoms with van der Waals surface area (Å²) in [5.74, 6) is 1.08. The van der Waals surface area contributed by atoms with E-state index >= 15 is 0 Å². The number of benzene rings is 2. The van der Waals surface area contributed by atoms with Gasteiger partial charge in [-0.3, -0.25) is 9.59 Å². The van der Waals surface area contributed by atoms with Gasteiger partial charge in [0.05, 0.1) is 14.2 Å². The van der Waals surface area contributed by atoms with Crippen molar-refractivity contribution in [1.29, 1.82) is 0 Å². The van der Waals surface area contributed by atoms with Crippen LogP contribution in [0.1, 0.15) is 31.8 Å². The molecule has 0 aliphatic carbocycles. The molecule has 6 nitrogen and oxygen atoms in total. The van der Waals surface area contributed by atoms with Crippen molar-refractivity contribution in [2.24, 2.45) is 0 Å². The average molecular weight is 382 g/mol. The Balaban J connectivity index is 1.68. The van der Waals surface area contributed by atoms with E-state index in [1.807, 2.05) is 30.9 Å². The molecule has 1 aliphatic heterocycles. The van der Waals surface area contributed by atoms with E-state index in [1.165, 1.54) is 0 Å². The SMILES string of the molecule is COc1cc(OC)cc(C(=O)N2CCN(C(=O)c3cc(C)cc(C)c3)CC2)c1. The lowest BCUT2D eigenvalue weighted by atomic mass is 10.1. The Morgan fingerprint density at radius 1 is 0.679 bits per heavy atom. The number of ether oxygens (including phenoxy) is 2. The summed E-state index contributed by atoms with van der Waals surface area (Å²) in [4.78, 5) is 29.3. The molecule has 6 heteroatoms. The number of hydrogen-bond acceptors (Lipinski definition) is 4. The van der Waals surface area contributed by atoms with Crippen LogP contribution in [0.25, 0.3) is 0 Å². The van der Waals surface area contributed by atoms with Crippen molar-refractivity contribution < 1.29 is 19.1 Å². The molecule has 0 atom stereocenters. The minimum atomic E-state index is -0.0873. The fourth-order valence-electron chi connectivity index (χ4n) is 3.51. The first-order valence-electron chi connectivity index (χ1n) is 9.31. The van der Waals surface area contributed by atoms with Crippen molar-refractivity contribution in [3.8, 4) is 11.5 Å². The van der Waals surface area contributed by atoms with E-state index in [0.717, 1.165) is 11.1 Å². The van der Waals surface area contributed by atoms with Crippen molar-refractivity contribution in [2.45, 2.75) is 13.8 Å². The van der Waals surface area contributed by atoms with Gasteiger partial charge in [0.15, 0.2) is 0 Å². The summed E-state index contributed by atoms with van der Waals surface area (Å²) in [5.41, 5.74) is 3.37. The standard InChI is InChI=1S/C22H26N2O4/c1-15-9-16(2)11-17(10-15)21(25)23-5-7-24(8-6-23)22(26)18-12-19(27-3)14-20(13-18)28-4/h9-14H,5-8H2,1-4H3. The molecule has 148 valence electrons. The summed E-state index contributed by atoms with van der Waals surface area (Å²) >= 11 is 0. The van der Waals surface area contributed by atoms with Crippen molar-refractivity contribution in [3.63, 3.8) is 0 Å². The number of nitrogens with zero attached hydrogens (tertiary/aromatic N) is 2. The van der Waals surface area contributed by atoms with E-state index in [9.17, 15) is 9.59 Å². The van der Waals surface area contributed by atoms with E-state index in [1.54, 1.807) is 37.3 Å². The van der Waals surface area contributed by atoms with Gasteiger partial charge < -0.3 is 19.3 Å². The highest BCUT2D eigenvalue weighted by Gasteiger charge is 2.26. The van der Waals surface area contributed by atoms with E-state index < -0.39 is 0 Å². The Labute approximate surface area is 165 Å². The quantitative estimate of drug-likeness (QED) is 0.816. The molecule has 2 aromatic rings. The number of carbonyl (C=O) groups is 2. The zero-order chi connectivity index (χ0) is 20.3. The summed E-state index contributed by atoms with van der Waals surface area (Å²) in [6.07, 6.45) is 0. The lowest BCUT2D eigenvalue weighted by Crippen LogP contribution is -2.50. The maximum Gasteiger partial charge on any atom is 0.254 e. The van der Waals surface area contributed by atoms with E-state index in [-0.39, 0.29) is 11.8 Å². The smallest absolute Gasteiger partial charge is 0.254 e. The number of amides is 2. The van der Waals surface area contributed by atoms with Crippen LogP contribution in [0.2, 0.25) is 0 Å². The van der Waals surface area contributed by atoms with E-state index in [0.29, 0.717) is 48.8 Å². The number of piperazine rings is 1. The molecule has 1 saturated heterocycles. The zero-order valence-electron chi connectivity index (χ0n) is 16.8. The zero-order valence-corrected chi connectivity index (χ0v) is 16.8. The molecule has 2 aromatic carbocycles. The minimum absolute atomic E-state index is 0.0157. The van der Waals surface area contributed by atoms with E-state index in [2.05, 4.69) is 6.07 Å². The van der Waals surface area contributed by atoms with Gasteiger partial charge in [0.25, 0.3) is 11.8 Å². The number of rotatable bonds is 4. The molecule has 0 bridgehead atoms. The average Bonchev–Trinajstić information content (AvgIpc) is 2.71. The molecule has 3 rings (SSSR count). The van der Waals surface area contributed by atoms with Crippen LogP contribution in [-0.4, -0.2) is 62.0 Å². The molecule has 2 amide bonds. The highest BCUT2D eigenvalue weighted by molar-refractivity contribution is 5.96. The Kier molecular flexibility index (Phi) is 5.87. The summed E-state index contributed by atoms with van der Waals surface area (Å²) in [7, 11) is 3.11. The molecular formula is C22H26N2O4. The first-order valence-corrected chi connectivity index (χ1v) is 9.31. The van der Waals surface area contributed by atoms with Gasteiger partial charge in [-0.15, -0.1) is 0 Å². The second kappa shape index (κ2) is 8.33. The van der Waals surface area contributed by atoms with Crippen LogP contribution >= 0.6 is 0 Å². The van der Waals surface area contributed by atoms with Crippen LogP contribution in [0.4, 0.5) is 0 Å². The number of carbonyl (C=O) groups excluding carboxylic acids is 2. The third kappa shape index (κ3) is 4.27. The number of hydrogen-bond donors (Lipinski definition) is 0. The van der Waals surface area contributed by atoms with Gasteiger partial charge >= 0.3 is 0 Å². The molecule has 0 aromatic heterocycles. The summed E-state index contributed by atoms with van der Waals surface area (Å²) in [6, 6.07) is 11.0. The van der Waals surface area contributed by atoms with Gasteiger partial charge in [0.2, 0.25) is 0 Å². The lowest BCUT2D eigenvalue weighted by Gasteiger charge is -2.35. The predicted molar refractivity (Wildman–Crippen MR) is 107 cm³/mol. The third-order valence-corrected chi connectivity index (χ3v) is 4.92. The fourth-order valence-corrected chi connectivity index (χ4v) is 3.51. The van der Waals surface area contributed by atoms with Crippen molar-refractivity contribution in [2.75, 3.05) is 40.4 Å². The van der Waals surface area contributed by atoms with Gasteiger partial charge in [-0.1, -0.05) is 17.2 Å². The maximum atomic E-state index is 12.9. The minimum Gasteiger partial charge on any atom is -0.497 e. The molecule has 0 radical (unpaired) electrons. The Morgan fingerprint density at radius 3 is 1.46 bits per heavy atom. The third-order valence-electron chi connectivity index (χ3n) is 4.92. The van der Waals surface area contributed by atoms with Crippen molar-refractivity contribution in [1.82, 2.24) is 9.80 Å². The molecule has 1 heterocycles. The fraction of sp³-hybridized carbons (Fsp3) is 0.364. The second-order valence-corrected chi connectivity index (χ2v) is 7.06. The molecule has 0 unspecified atom stereocenters. The highest BCUT2D eigenvalue weighted by Crippen LogP contribution is 2.24. The van der Waals surface area contributed by atoms with Gasteiger partial charge in [-0.05, 0) is 38.1 Å². The van der Waals surface area contributed by atoms with Crippen LogP contribution in [-0.2, 0) is 0 Å². The lowest BCUT2D eigenvalue weighted by molar-refractivity contribution is 0.0535. The predicted octanol–water partition coefficient (Wildman–Crippen LogP) is 2.92. The van der Waals surface area contributed by atoms with Crippen LogP contribution in [0.15, 0.2) is 36.4 Å². The second-order valence-electron chi connectivity index (χ2n) is 7.06. The van der Waals surface area contributed by atoms with E-state index in [4.69, 9.17) is 9.47 Å². The highest BCUT2D eigenvalue weighted by atomic mass is 16.5. The number of methoxy groups -OCH3 is 2. The normalized spacial score (nSPS) is 14.0. The molecule has 0 saturated carbocycles. The molecule has 1 fully saturated rings. The van der Waals surface area contributed by atoms with Gasteiger partial charge in [-0.25, -0.2) is 0 Å². The summed E-state index contributed by atoms with van der Waals surface area (Å²) in [5, 5.41) is 0. The van der Waals surface area contributed by atoms with Crippen LogP contribution in [0, 0.1) is 13.8 Å². The van der Waals surface area contributed by atoms with Gasteiger partial charge in [-0.2, -0.15) is 0 Å². The van der Waals surface area contributed by atoms with Crippen LogP contribution in [0.3, 0.4) is 0 Å². The Bertz CT molecular complexity index is 844. The Hall–Kier alpha value is -3.02. The molecular weight excluding hydrogens is 356 g/mol. The molecule has 28 heavy (non-hydrogen) atoms. The van der Waals surface area contributed by atoms with Crippen molar-refractivity contribution in [3.05, 3.63) is 58.7 Å². The topological polar surface area (TPSA) is 59.1 Å². The molecule has 1 aliphatic rings. The van der Waals surface area contributed by atoms with Crippen LogP contribution in [0.5, 0.6) is 11.5 Å². The Morgan fingerprint density at radius 2 is 1.07 bits per heavy atom. The van der Waals surface area contributed by atoms with Gasteiger partial charge in [0, 0.05) is 43.4 Å². The molecule has 0 N–H and O–H groups in total. The molecule has 0 spiro atoms. The largest absolute Gasteiger partial charge is 0.497 e. The maximum absolute atomic E-state index is 12.9. The summed E-state index contributed by atoms with van der Waals surface area (Å²) < 4.78 is 10.5. The summed E-state index contributed by atoms with van der Waals surface area (Å²) in [6.45, 7) is 5.99. The monoisotopic (exact) mass is 382 g/mol. The van der Waals surface area contributed by atoms with Crippen molar-refractivity contribution >= 4 is 11.8 Å². The number of aryl methyl sites for hydroxylation is 2.